The van der Waals surface area contributed by atoms with Crippen LogP contribution in [0.3, 0.4) is 0 Å². The number of aromatic nitrogens is 4. The van der Waals surface area contributed by atoms with Crippen LogP contribution in [-0.2, 0) is 22.8 Å². The zero-order valence-electron chi connectivity index (χ0n) is 21.3. The lowest BCUT2D eigenvalue weighted by atomic mass is 10.2. The molecule has 3 aromatic carbocycles. The Balaban J connectivity index is 1.14. The molecule has 2 amide bonds. The molecule has 5 rings (SSSR count). The highest BCUT2D eigenvalue weighted by atomic mass is 32.2. The molecule has 0 radical (unpaired) electrons. The van der Waals surface area contributed by atoms with E-state index in [1.165, 1.54) is 47.0 Å². The molecule has 8 nitrogen and oxygen atoms in total. The first-order chi connectivity index (χ1) is 19.7. The summed E-state index contributed by atoms with van der Waals surface area (Å²) in [6.07, 6.45) is -4.49. The average Bonchev–Trinajstić information content (AvgIpc) is 3.53. The van der Waals surface area contributed by atoms with Crippen LogP contribution >= 0.6 is 34.9 Å². The summed E-state index contributed by atoms with van der Waals surface area (Å²) in [7, 11) is 1.85. The molecule has 0 aliphatic carbocycles. The molecule has 2 N–H and O–H groups in total. The number of rotatable bonds is 9. The zero-order valence-corrected chi connectivity index (χ0v) is 23.8. The van der Waals surface area contributed by atoms with Crippen molar-refractivity contribution in [2.24, 2.45) is 7.05 Å². The van der Waals surface area contributed by atoms with Crippen molar-refractivity contribution in [1.29, 1.82) is 0 Å². The Kier molecular flexibility index (Phi) is 8.61. The van der Waals surface area contributed by atoms with Gasteiger partial charge < -0.3 is 15.2 Å². The number of hydrogen-bond acceptors (Lipinski definition) is 8. The van der Waals surface area contributed by atoms with Crippen LogP contribution in [0.1, 0.15) is 5.56 Å². The van der Waals surface area contributed by atoms with Crippen molar-refractivity contribution in [3.05, 3.63) is 78.4 Å². The average molecular weight is 615 g/mol. The SMILES string of the molecule is Cn1c(SCC(=O)Nc2ccc3nc(SCC(=O)Nc4cccc(C(F)(F)F)c4)sc3c2)nnc1-c1ccccc1. The van der Waals surface area contributed by atoms with Gasteiger partial charge in [0.25, 0.3) is 0 Å². The number of carbonyl (C=O) groups is 2. The second-order valence-electron chi connectivity index (χ2n) is 8.65. The minimum absolute atomic E-state index is 0.0229. The van der Waals surface area contributed by atoms with E-state index in [9.17, 15) is 22.8 Å². The van der Waals surface area contributed by atoms with Crippen molar-refractivity contribution < 1.29 is 22.8 Å². The van der Waals surface area contributed by atoms with Gasteiger partial charge in [-0.2, -0.15) is 13.2 Å². The summed E-state index contributed by atoms with van der Waals surface area (Å²) in [5, 5.41) is 14.4. The lowest BCUT2D eigenvalue weighted by Gasteiger charge is -2.09. The second-order valence-corrected chi connectivity index (χ2v) is 11.8. The molecule has 0 unspecified atom stereocenters. The van der Waals surface area contributed by atoms with E-state index in [4.69, 9.17) is 0 Å². The van der Waals surface area contributed by atoms with Crippen molar-refractivity contribution >= 4 is 68.3 Å². The van der Waals surface area contributed by atoms with E-state index in [2.05, 4.69) is 25.8 Å². The Hall–Kier alpha value is -3.88. The van der Waals surface area contributed by atoms with Crippen LogP contribution in [0.2, 0.25) is 0 Å². The summed E-state index contributed by atoms with van der Waals surface area (Å²) in [5.41, 5.74) is 1.49. The van der Waals surface area contributed by atoms with Crippen molar-refractivity contribution in [2.45, 2.75) is 15.7 Å². The van der Waals surface area contributed by atoms with Crippen molar-refractivity contribution in [1.82, 2.24) is 19.7 Å². The van der Waals surface area contributed by atoms with Crippen LogP contribution < -0.4 is 10.6 Å². The fourth-order valence-electron chi connectivity index (χ4n) is 3.75. The van der Waals surface area contributed by atoms with Gasteiger partial charge in [-0.05, 0) is 36.4 Å². The van der Waals surface area contributed by atoms with Crippen molar-refractivity contribution in [3.63, 3.8) is 0 Å². The molecule has 0 spiro atoms. The Morgan fingerprint density at radius 2 is 1.59 bits per heavy atom. The van der Waals surface area contributed by atoms with E-state index >= 15 is 0 Å². The van der Waals surface area contributed by atoms with Crippen LogP contribution in [0.4, 0.5) is 24.5 Å². The molecule has 0 bridgehead atoms. The molecule has 210 valence electrons. The first-order valence-electron chi connectivity index (χ1n) is 12.0. The number of thioether (sulfide) groups is 2. The number of anilines is 2. The van der Waals surface area contributed by atoms with Crippen molar-refractivity contribution in [3.8, 4) is 11.4 Å². The van der Waals surface area contributed by atoms with Gasteiger partial charge in [-0.1, -0.05) is 59.9 Å². The lowest BCUT2D eigenvalue weighted by Crippen LogP contribution is -2.14. The molecule has 0 aliphatic rings. The number of benzene rings is 3. The topological polar surface area (TPSA) is 102 Å². The molecule has 2 aromatic heterocycles. The second kappa shape index (κ2) is 12.3. The highest BCUT2D eigenvalue weighted by Crippen LogP contribution is 2.33. The van der Waals surface area contributed by atoms with Crippen LogP contribution in [0, 0.1) is 0 Å². The molecule has 0 atom stereocenters. The third-order valence-corrected chi connectivity index (χ3v) is 8.83. The van der Waals surface area contributed by atoms with E-state index in [1.54, 1.807) is 18.2 Å². The largest absolute Gasteiger partial charge is 0.416 e. The number of nitrogens with zero attached hydrogens (tertiary/aromatic N) is 4. The number of alkyl halides is 3. The summed E-state index contributed by atoms with van der Waals surface area (Å²) in [6, 6.07) is 19.5. The Morgan fingerprint density at radius 1 is 0.878 bits per heavy atom. The molecule has 14 heteroatoms. The van der Waals surface area contributed by atoms with Gasteiger partial charge in [0.15, 0.2) is 15.3 Å². The first kappa shape index (κ1) is 28.6. The molecular formula is C27H21F3N6O2S3. The number of thiazole rings is 1. The van der Waals surface area contributed by atoms with E-state index in [1.807, 2.05) is 41.9 Å². The smallest absolute Gasteiger partial charge is 0.325 e. The van der Waals surface area contributed by atoms with Gasteiger partial charge in [0.05, 0.1) is 27.3 Å². The van der Waals surface area contributed by atoms with E-state index in [0.717, 1.165) is 22.4 Å². The first-order valence-corrected chi connectivity index (χ1v) is 14.8. The van der Waals surface area contributed by atoms with Gasteiger partial charge in [0, 0.05) is 24.0 Å². The zero-order chi connectivity index (χ0) is 29.0. The molecular weight excluding hydrogens is 594 g/mol. The summed E-state index contributed by atoms with van der Waals surface area (Å²) in [5.74, 6) is 0.182. The van der Waals surface area contributed by atoms with Gasteiger partial charge in [0.2, 0.25) is 11.8 Å². The fourth-order valence-corrected chi connectivity index (χ4v) is 6.37. The number of hydrogen-bond donors (Lipinski definition) is 2. The van der Waals surface area contributed by atoms with E-state index in [0.29, 0.717) is 26.5 Å². The van der Waals surface area contributed by atoms with Crippen molar-refractivity contribution in [2.75, 3.05) is 22.1 Å². The molecule has 0 saturated heterocycles. The molecule has 2 heterocycles. The molecule has 41 heavy (non-hydrogen) atoms. The van der Waals surface area contributed by atoms with Gasteiger partial charge in [0.1, 0.15) is 0 Å². The standard InChI is InChI=1S/C27H21F3N6O2S3/c1-36-24(16-6-3-2-4-7-16)34-35-25(36)39-14-22(37)32-19-10-11-20-21(13-19)41-26(33-20)40-15-23(38)31-18-9-5-8-17(12-18)27(28,29)30/h2-13H,14-15H2,1H3,(H,31,38)(H,32,37). The third kappa shape index (κ3) is 7.26. The Bertz CT molecular complexity index is 1710. The highest BCUT2D eigenvalue weighted by Gasteiger charge is 2.30. The lowest BCUT2D eigenvalue weighted by molar-refractivity contribution is -0.137. The van der Waals surface area contributed by atoms with Crippen LogP contribution in [-0.4, -0.2) is 43.1 Å². The highest BCUT2D eigenvalue weighted by molar-refractivity contribution is 8.01. The van der Waals surface area contributed by atoms with Gasteiger partial charge in [-0.15, -0.1) is 21.5 Å². The molecule has 5 aromatic rings. The maximum absolute atomic E-state index is 12.9. The maximum atomic E-state index is 12.9. The normalized spacial score (nSPS) is 11.5. The van der Waals surface area contributed by atoms with Gasteiger partial charge >= 0.3 is 6.18 Å². The minimum Gasteiger partial charge on any atom is -0.325 e. The minimum atomic E-state index is -4.49. The summed E-state index contributed by atoms with van der Waals surface area (Å²) in [6.45, 7) is 0. The van der Waals surface area contributed by atoms with Crippen LogP contribution in [0.5, 0.6) is 0 Å². The van der Waals surface area contributed by atoms with E-state index < -0.39 is 17.6 Å². The summed E-state index contributed by atoms with van der Waals surface area (Å²) < 4.78 is 42.0. The molecule has 0 aliphatic heterocycles. The van der Waals surface area contributed by atoms with E-state index in [-0.39, 0.29) is 23.1 Å². The number of halogens is 3. The number of nitrogens with one attached hydrogen (secondary N) is 2. The quantitative estimate of drug-likeness (QED) is 0.181. The maximum Gasteiger partial charge on any atom is 0.416 e. The van der Waals surface area contributed by atoms with Crippen LogP contribution in [0.15, 0.2) is 82.3 Å². The predicted molar refractivity (Wildman–Crippen MR) is 156 cm³/mol. The molecule has 0 fully saturated rings. The Labute approximate surface area is 244 Å². The number of amides is 2. The Morgan fingerprint density at radius 3 is 2.32 bits per heavy atom. The summed E-state index contributed by atoms with van der Waals surface area (Å²) in [4.78, 5) is 29.4. The van der Waals surface area contributed by atoms with Gasteiger partial charge in [-0.25, -0.2) is 4.98 Å². The number of fused-ring (bicyclic) bond motifs is 1. The predicted octanol–water partition coefficient (Wildman–Crippen LogP) is 6.57. The number of carbonyl (C=O) groups excluding carboxylic acids is 2. The summed E-state index contributed by atoms with van der Waals surface area (Å²) >= 11 is 3.81. The fraction of sp³-hybridized carbons (Fsp3) is 0.148. The monoisotopic (exact) mass is 614 g/mol. The molecule has 0 saturated carbocycles. The third-order valence-electron chi connectivity index (χ3n) is 5.65. The van der Waals surface area contributed by atoms with Crippen LogP contribution in [0.25, 0.3) is 21.6 Å². The van der Waals surface area contributed by atoms with Gasteiger partial charge in [-0.3, -0.25) is 9.59 Å².